The first-order valence-electron chi connectivity index (χ1n) is 18.9. The molecule has 28 N–H and O–H groups in total. The second-order valence-corrected chi connectivity index (χ2v) is 17.6. The summed E-state index contributed by atoms with van der Waals surface area (Å²) in [5.41, 5.74) is 24.7. The van der Waals surface area contributed by atoms with Gasteiger partial charge in [0, 0.05) is 109 Å². The summed E-state index contributed by atoms with van der Waals surface area (Å²) in [5, 5.41) is 68.4. The number of carboxylic acid groups (broad SMARTS) is 7. The van der Waals surface area contributed by atoms with E-state index >= 15 is 0 Å². The summed E-state index contributed by atoms with van der Waals surface area (Å²) in [5.74, 6) is -7.12. The fraction of sp³-hybridized carbons (Fsp3) is 0.806. The van der Waals surface area contributed by atoms with Crippen molar-refractivity contribution in [1.82, 2.24) is 23.8 Å². The number of carboxylic acids is 7. The molecule has 1 aliphatic heterocycles. The van der Waals surface area contributed by atoms with Crippen molar-refractivity contribution in [1.29, 1.82) is 0 Å². The molecule has 4 saturated carbocycles. The van der Waals surface area contributed by atoms with E-state index in [0.29, 0.717) is 18.9 Å². The summed E-state index contributed by atoms with van der Waals surface area (Å²) in [7, 11) is 9.75. The molecule has 2 unspecified atom stereocenters. The predicted octanol–water partition coefficient (Wildman–Crippen LogP) is 1.98. The molecule has 5 aliphatic rings. The van der Waals surface area contributed by atoms with Gasteiger partial charge >= 0.3 is 77.1 Å². The third kappa shape index (κ3) is 41.1. The zero-order chi connectivity index (χ0) is 46.4. The van der Waals surface area contributed by atoms with Gasteiger partial charge in [-0.3, -0.25) is 28.8 Å². The molecule has 31 heteroatoms. The van der Waals surface area contributed by atoms with Gasteiger partial charge in [-0.1, -0.05) is 20.3 Å². The Morgan fingerprint density at radius 1 is 0.582 bits per heavy atom. The number of halogens is 2. The fourth-order valence-electron chi connectivity index (χ4n) is 5.63. The van der Waals surface area contributed by atoms with Gasteiger partial charge in [-0.05, 0) is 115 Å². The molecule has 0 spiro atoms. The van der Waals surface area contributed by atoms with Crippen LogP contribution in [0.2, 0.25) is 0 Å². The van der Waals surface area contributed by atoms with Crippen molar-refractivity contribution in [2.45, 2.75) is 135 Å². The van der Waals surface area contributed by atoms with Crippen LogP contribution in [0.4, 0.5) is 0 Å². The number of rotatable bonds is 10. The minimum absolute atomic E-state index is 0. The SMILES string of the molecule is C.C[C@H](O)C(=O)O.N.N.N.NCC1CCC1CN.NC[C@@H]1CCCN1.N[C@H]1CCCC[C@@H]1N.O=C(O)C1(C(=O)O)CCC1.O=C(O)C1(C(=O)O)CCC1.O=C(O)CC(=O)O.[Cl][Pt][Cl].[Pt].[Pt].[Pt].[Pt]. The number of nitrogens with one attached hydrogen (secondary N) is 1. The van der Waals surface area contributed by atoms with Gasteiger partial charge in [0.05, 0.1) is 0 Å². The Morgan fingerprint density at radius 3 is 0.940 bits per heavy atom. The third-order valence-corrected chi connectivity index (χ3v) is 10.2. The average Bonchev–Trinajstić information content (AvgIpc) is 3.60. The molecule has 4 aliphatic carbocycles. The summed E-state index contributed by atoms with van der Waals surface area (Å²) in [4.78, 5) is 69.8. The van der Waals surface area contributed by atoms with E-state index in [-0.39, 0.29) is 148 Å². The summed E-state index contributed by atoms with van der Waals surface area (Å²) in [6.07, 6.45) is 10.5. The fourth-order valence-corrected chi connectivity index (χ4v) is 5.63. The van der Waals surface area contributed by atoms with Crippen LogP contribution in [0.3, 0.4) is 0 Å². The van der Waals surface area contributed by atoms with Crippen LogP contribution in [0.15, 0.2) is 0 Å². The first kappa shape index (κ1) is 93.0. The quantitative estimate of drug-likeness (QED) is 0.139. The standard InChI is InChI=1S/2C6H14N2.2C6H8O4.C5H12N2.C3H4O4.C3H6O3.CH4.2ClH.3H3N.5Pt/c7-3-5-1-2-6(5)4-8;7-5-3-1-2-4-6(5)8;2*7-4(8)6(5(9)10)2-1-3-6;6-4-5-2-1-3-7-5;4-2(5)1-3(6)7;1-2(4)3(5)6;;;;;;;;;;;/h2*5-6H,1-4,7-8H2;2*1-3H2,(H,7,8)(H,9,10);5,7H,1-4,6H2;1H2,(H,4,5)(H,6,7);2,4H,1H3,(H,5,6);1H4;2*1H;3*1H3;;;;;/q;;;;;;;;;;;;;;;;;+2/p-2/t;5-,6-;;;5-;;2-;;;;;;;;;;;/m.0..0.0.........../s1. The third-order valence-electron chi connectivity index (χ3n) is 10.2. The number of carbonyl (C=O) groups is 7. The number of hydrogen-bond acceptors (Lipinski definition) is 17. The molecule has 0 aromatic carbocycles. The number of hydrogen-bond donors (Lipinski definition) is 17. The van der Waals surface area contributed by atoms with Gasteiger partial charge in [-0.25, -0.2) is 4.79 Å². The first-order chi connectivity index (χ1) is 27.5. The number of aliphatic carboxylic acids is 7. The van der Waals surface area contributed by atoms with E-state index in [1.165, 1.54) is 52.0 Å². The summed E-state index contributed by atoms with van der Waals surface area (Å²) < 4.78 is 0. The van der Waals surface area contributed by atoms with E-state index in [1.54, 1.807) is 0 Å². The molecule has 1 heterocycles. The van der Waals surface area contributed by atoms with Crippen LogP contribution in [0.5, 0.6) is 0 Å². The molecular weight excluding hydrogens is 1840 g/mol. The first-order valence-corrected chi connectivity index (χ1v) is 24.6. The van der Waals surface area contributed by atoms with Gasteiger partial charge in [0.25, 0.3) is 0 Å². The molecular formula is C36H79Cl2N9O15Pt5. The second kappa shape index (κ2) is 53.7. The van der Waals surface area contributed by atoms with Crippen LogP contribution >= 0.6 is 18.8 Å². The van der Waals surface area contributed by atoms with Crippen LogP contribution in [0, 0.1) is 22.7 Å². The molecule has 67 heavy (non-hydrogen) atoms. The smallest absolute Gasteiger partial charge is 0 e. The summed E-state index contributed by atoms with van der Waals surface area (Å²) in [6.45, 7) is 4.84. The van der Waals surface area contributed by atoms with Crippen molar-refractivity contribution >= 4 is 60.6 Å². The Balaban J connectivity index is -0.0000000592. The van der Waals surface area contributed by atoms with Crippen LogP contribution in [0.25, 0.3) is 0 Å². The summed E-state index contributed by atoms with van der Waals surface area (Å²) >= 11 is -0.472. The minimum atomic E-state index is -1.44. The van der Waals surface area contributed by atoms with E-state index in [4.69, 9.17) is 88.4 Å². The van der Waals surface area contributed by atoms with E-state index in [2.05, 4.69) is 5.32 Å². The summed E-state index contributed by atoms with van der Waals surface area (Å²) in [6, 6.07) is 1.19. The van der Waals surface area contributed by atoms with Crippen molar-refractivity contribution in [2.24, 2.45) is 51.3 Å². The monoisotopic (exact) mass is 1920 g/mol. The van der Waals surface area contributed by atoms with Crippen molar-refractivity contribution in [2.75, 3.05) is 26.2 Å². The number of aliphatic hydroxyl groups excluding tert-OH is 1. The number of aliphatic hydroxyl groups is 1. The van der Waals surface area contributed by atoms with E-state index in [0.717, 1.165) is 44.3 Å². The van der Waals surface area contributed by atoms with E-state index < -0.39 is 81.6 Å². The van der Waals surface area contributed by atoms with Gasteiger partial charge in [-0.2, -0.15) is 0 Å². The maximum Gasteiger partial charge on any atom is 0 e. The molecule has 1 saturated heterocycles. The van der Waals surface area contributed by atoms with E-state index in [1.807, 2.05) is 0 Å². The van der Waals surface area contributed by atoms with Crippen molar-refractivity contribution in [3.63, 3.8) is 0 Å². The topological polar surface area (TPSA) is 528 Å². The van der Waals surface area contributed by atoms with Crippen LogP contribution in [-0.4, -0.2) is 133 Å². The van der Waals surface area contributed by atoms with Crippen LogP contribution in [-0.2, 0) is 134 Å². The predicted molar refractivity (Wildman–Crippen MR) is 235 cm³/mol. The Morgan fingerprint density at radius 2 is 0.866 bits per heavy atom. The van der Waals surface area contributed by atoms with Gasteiger partial charge in [0.1, 0.15) is 12.5 Å². The molecule has 6 atom stereocenters. The Kier molecular flexibility index (Phi) is 74.5. The van der Waals surface area contributed by atoms with Gasteiger partial charge in [-0.15, -0.1) is 0 Å². The molecule has 0 bridgehead atoms. The van der Waals surface area contributed by atoms with Gasteiger partial charge < -0.3 is 93.3 Å². The largest absolute Gasteiger partial charge is 0 e. The zero-order valence-electron chi connectivity index (χ0n) is 36.7. The van der Waals surface area contributed by atoms with Crippen molar-refractivity contribution in [3.8, 4) is 0 Å². The molecule has 5 fully saturated rings. The molecule has 0 radical (unpaired) electrons. The van der Waals surface area contributed by atoms with Crippen molar-refractivity contribution in [3.05, 3.63) is 0 Å². The van der Waals surface area contributed by atoms with Crippen molar-refractivity contribution < 1.29 is 175 Å². The molecule has 0 aromatic heterocycles. The Hall–Kier alpha value is -0.0884. The Bertz CT molecular complexity index is 1180. The average molecular weight is 1920 g/mol. The Labute approximate surface area is 467 Å². The second-order valence-electron chi connectivity index (χ2n) is 14.3. The molecule has 24 nitrogen and oxygen atoms in total. The zero-order valence-corrected chi connectivity index (χ0v) is 49.6. The van der Waals surface area contributed by atoms with Crippen LogP contribution < -0.4 is 52.4 Å². The van der Waals surface area contributed by atoms with Gasteiger partial charge in [0.2, 0.25) is 0 Å². The molecule has 0 amide bonds. The maximum atomic E-state index is 10.4. The maximum absolute atomic E-state index is 10.4. The van der Waals surface area contributed by atoms with Crippen LogP contribution in [0.1, 0.15) is 111 Å². The molecule has 5 rings (SSSR count). The minimum Gasteiger partial charge on any atom is 0 e. The molecule has 0 aromatic rings. The molecule has 422 valence electrons. The normalized spacial score (nSPS) is 21.1. The number of nitrogens with two attached hydrogens (primary N) is 5. The van der Waals surface area contributed by atoms with E-state index in [9.17, 15) is 33.6 Å². The van der Waals surface area contributed by atoms with Gasteiger partial charge in [0.15, 0.2) is 10.8 Å².